The van der Waals surface area contributed by atoms with Crippen LogP contribution in [-0.4, -0.2) is 48.7 Å². The van der Waals surface area contributed by atoms with Gasteiger partial charge in [-0.15, -0.1) is 6.58 Å². The number of allylic oxidation sites excluding steroid dienone is 1. The van der Waals surface area contributed by atoms with E-state index in [0.29, 0.717) is 24.5 Å². The quantitative estimate of drug-likeness (QED) is 0.774. The number of carbonyl (C=O) groups excluding carboxylic acids is 1. The van der Waals surface area contributed by atoms with E-state index in [2.05, 4.69) is 6.58 Å². The highest BCUT2D eigenvalue weighted by Gasteiger charge is 2.42. The fourth-order valence-electron chi connectivity index (χ4n) is 2.70. The molecular formula is C18H23NO5. The second-order valence-electron chi connectivity index (χ2n) is 6.20. The summed E-state index contributed by atoms with van der Waals surface area (Å²) in [5, 5.41) is 9.23. The minimum atomic E-state index is -0.877. The third kappa shape index (κ3) is 3.88. The van der Waals surface area contributed by atoms with Gasteiger partial charge in [0.1, 0.15) is 0 Å². The average Bonchev–Trinajstić information content (AvgIpc) is 2.97. The van der Waals surface area contributed by atoms with Crippen molar-refractivity contribution in [2.75, 3.05) is 26.8 Å². The van der Waals surface area contributed by atoms with Crippen LogP contribution < -0.4 is 9.47 Å². The molecule has 1 aliphatic rings. The average molecular weight is 333 g/mol. The van der Waals surface area contributed by atoms with Gasteiger partial charge in [-0.2, -0.15) is 0 Å². The van der Waals surface area contributed by atoms with Gasteiger partial charge >= 0.3 is 5.97 Å². The lowest BCUT2D eigenvalue weighted by Crippen LogP contribution is -2.37. The molecule has 1 aromatic carbocycles. The molecule has 1 amide bonds. The number of aliphatic carboxylic acids is 1. The topological polar surface area (TPSA) is 76.1 Å². The molecule has 0 aliphatic carbocycles. The monoisotopic (exact) mass is 333 g/mol. The predicted molar refractivity (Wildman–Crippen MR) is 89.3 cm³/mol. The summed E-state index contributed by atoms with van der Waals surface area (Å²) in [6, 6.07) is 5.50. The molecule has 1 atom stereocenters. The van der Waals surface area contributed by atoms with E-state index in [1.165, 1.54) is 4.90 Å². The summed E-state index contributed by atoms with van der Waals surface area (Å²) >= 11 is 0. The van der Waals surface area contributed by atoms with Gasteiger partial charge in [-0.05, 0) is 37.5 Å². The predicted octanol–water partition coefficient (Wildman–Crippen LogP) is 2.13. The molecule has 0 bridgehead atoms. The lowest BCUT2D eigenvalue weighted by Gasteiger charge is -2.20. The van der Waals surface area contributed by atoms with Gasteiger partial charge < -0.3 is 19.5 Å². The summed E-state index contributed by atoms with van der Waals surface area (Å²) in [7, 11) is 1.54. The van der Waals surface area contributed by atoms with E-state index in [-0.39, 0.29) is 19.1 Å². The summed E-state index contributed by atoms with van der Waals surface area (Å²) in [5.74, 6) is -0.0619. The highest BCUT2D eigenvalue weighted by Crippen LogP contribution is 2.31. The molecule has 2 rings (SSSR count). The van der Waals surface area contributed by atoms with Crippen LogP contribution in [0.3, 0.4) is 0 Å². The lowest BCUT2D eigenvalue weighted by molar-refractivity contribution is -0.147. The molecule has 1 heterocycles. The number of benzene rings is 1. The van der Waals surface area contributed by atoms with Crippen molar-refractivity contribution in [3.63, 3.8) is 0 Å². The zero-order valence-electron chi connectivity index (χ0n) is 14.1. The van der Waals surface area contributed by atoms with Crippen LogP contribution in [-0.2, 0) is 16.0 Å². The van der Waals surface area contributed by atoms with Gasteiger partial charge in [0.25, 0.3) is 5.91 Å². The molecular weight excluding hydrogens is 310 g/mol. The molecule has 0 aromatic heterocycles. The van der Waals surface area contributed by atoms with E-state index in [4.69, 9.17) is 9.47 Å². The third-order valence-electron chi connectivity index (χ3n) is 4.30. The van der Waals surface area contributed by atoms with Crippen molar-refractivity contribution in [2.24, 2.45) is 5.41 Å². The number of carboxylic acid groups (broad SMARTS) is 1. The van der Waals surface area contributed by atoms with Crippen molar-refractivity contribution in [1.29, 1.82) is 0 Å². The smallest absolute Gasteiger partial charge is 0.311 e. The summed E-state index contributed by atoms with van der Waals surface area (Å²) in [6.07, 6.45) is 2.97. The Morgan fingerprint density at radius 2 is 2.17 bits per heavy atom. The Hall–Kier alpha value is -2.50. The Bertz CT molecular complexity index is 642. The molecule has 130 valence electrons. The second-order valence-corrected chi connectivity index (χ2v) is 6.20. The van der Waals surface area contributed by atoms with Crippen LogP contribution in [0, 0.1) is 5.41 Å². The Kier molecular flexibility index (Phi) is 5.49. The van der Waals surface area contributed by atoms with Crippen molar-refractivity contribution < 1.29 is 24.2 Å². The minimum Gasteiger partial charge on any atom is -0.493 e. The number of rotatable bonds is 7. The molecule has 1 saturated heterocycles. The van der Waals surface area contributed by atoms with Gasteiger partial charge in [0.15, 0.2) is 18.1 Å². The fourth-order valence-corrected chi connectivity index (χ4v) is 2.70. The minimum absolute atomic E-state index is 0.146. The van der Waals surface area contributed by atoms with E-state index in [0.717, 1.165) is 12.0 Å². The van der Waals surface area contributed by atoms with Gasteiger partial charge in [-0.25, -0.2) is 0 Å². The van der Waals surface area contributed by atoms with E-state index in [1.807, 2.05) is 12.1 Å². The van der Waals surface area contributed by atoms with Crippen LogP contribution in [0.4, 0.5) is 0 Å². The van der Waals surface area contributed by atoms with E-state index in [1.54, 1.807) is 26.2 Å². The second kappa shape index (κ2) is 7.38. The van der Waals surface area contributed by atoms with Gasteiger partial charge in [0, 0.05) is 13.1 Å². The number of methoxy groups -OCH3 is 1. The van der Waals surface area contributed by atoms with Crippen molar-refractivity contribution in [3.05, 3.63) is 36.4 Å². The largest absolute Gasteiger partial charge is 0.493 e. The van der Waals surface area contributed by atoms with Crippen LogP contribution in [0.2, 0.25) is 0 Å². The molecule has 24 heavy (non-hydrogen) atoms. The number of ether oxygens (including phenoxy) is 2. The van der Waals surface area contributed by atoms with Gasteiger partial charge in [-0.1, -0.05) is 12.1 Å². The first-order chi connectivity index (χ1) is 11.4. The number of carbonyl (C=O) groups is 2. The Morgan fingerprint density at radius 3 is 2.75 bits per heavy atom. The molecule has 0 saturated carbocycles. The van der Waals surface area contributed by atoms with Crippen LogP contribution in [0.15, 0.2) is 30.9 Å². The maximum absolute atomic E-state index is 12.3. The standard InChI is InChI=1S/C18H23NO5/c1-4-5-13-6-7-14(15(10-13)23-3)24-11-16(20)19-9-8-18(2,12-19)17(21)22/h4,6-7,10H,1,5,8-9,11-12H2,2-3H3,(H,21,22). The van der Waals surface area contributed by atoms with E-state index >= 15 is 0 Å². The first-order valence-corrected chi connectivity index (χ1v) is 7.81. The highest BCUT2D eigenvalue weighted by atomic mass is 16.5. The maximum atomic E-state index is 12.3. The molecule has 1 unspecified atom stereocenters. The normalized spacial score (nSPS) is 19.8. The van der Waals surface area contributed by atoms with Crippen LogP contribution >= 0.6 is 0 Å². The lowest BCUT2D eigenvalue weighted by atomic mass is 9.90. The van der Waals surface area contributed by atoms with Gasteiger partial charge in [0.2, 0.25) is 0 Å². The zero-order chi connectivity index (χ0) is 17.7. The molecule has 1 fully saturated rings. The number of carboxylic acids is 1. The van der Waals surface area contributed by atoms with Crippen molar-refractivity contribution in [3.8, 4) is 11.5 Å². The van der Waals surface area contributed by atoms with Crippen LogP contribution in [0.5, 0.6) is 11.5 Å². The number of nitrogens with zero attached hydrogens (tertiary/aromatic N) is 1. The van der Waals surface area contributed by atoms with E-state index < -0.39 is 11.4 Å². The molecule has 1 aliphatic heterocycles. The first-order valence-electron chi connectivity index (χ1n) is 7.81. The zero-order valence-corrected chi connectivity index (χ0v) is 14.1. The number of likely N-dealkylation sites (tertiary alicyclic amines) is 1. The number of amides is 1. The third-order valence-corrected chi connectivity index (χ3v) is 4.30. The van der Waals surface area contributed by atoms with Gasteiger partial charge in [-0.3, -0.25) is 9.59 Å². The fraction of sp³-hybridized carbons (Fsp3) is 0.444. The highest BCUT2D eigenvalue weighted by molar-refractivity contribution is 5.81. The Balaban J connectivity index is 1.97. The summed E-state index contributed by atoms with van der Waals surface area (Å²) < 4.78 is 10.9. The number of hydrogen-bond acceptors (Lipinski definition) is 4. The van der Waals surface area contributed by atoms with Crippen molar-refractivity contribution in [2.45, 2.75) is 19.8 Å². The van der Waals surface area contributed by atoms with Crippen molar-refractivity contribution in [1.82, 2.24) is 4.90 Å². The molecule has 6 nitrogen and oxygen atoms in total. The maximum Gasteiger partial charge on any atom is 0.311 e. The Labute approximate surface area is 141 Å². The SMILES string of the molecule is C=CCc1ccc(OCC(=O)N2CCC(C)(C(=O)O)C2)c(OC)c1. The first kappa shape index (κ1) is 17.8. The van der Waals surface area contributed by atoms with Gasteiger partial charge in [0.05, 0.1) is 12.5 Å². The number of hydrogen-bond donors (Lipinski definition) is 1. The molecule has 1 aromatic rings. The molecule has 6 heteroatoms. The summed E-state index contributed by atoms with van der Waals surface area (Å²) in [6.45, 7) is 5.85. The van der Waals surface area contributed by atoms with Crippen LogP contribution in [0.25, 0.3) is 0 Å². The molecule has 0 radical (unpaired) electrons. The molecule has 1 N–H and O–H groups in total. The van der Waals surface area contributed by atoms with Crippen molar-refractivity contribution >= 4 is 11.9 Å². The van der Waals surface area contributed by atoms with E-state index in [9.17, 15) is 14.7 Å². The summed E-state index contributed by atoms with van der Waals surface area (Å²) in [4.78, 5) is 25.0. The van der Waals surface area contributed by atoms with Crippen LogP contribution in [0.1, 0.15) is 18.9 Å². The summed E-state index contributed by atoms with van der Waals surface area (Å²) in [5.41, 5.74) is 0.164. The Morgan fingerprint density at radius 1 is 1.42 bits per heavy atom. The molecule has 0 spiro atoms.